The molecule has 0 aromatic carbocycles. The maximum absolute atomic E-state index is 11.8. The normalized spacial score (nSPS) is 11.6. The molecule has 0 aliphatic heterocycles. The van der Waals surface area contributed by atoms with Gasteiger partial charge in [-0.05, 0) is 34.8 Å². The molecule has 4 nitrogen and oxygen atoms in total. The van der Waals surface area contributed by atoms with Crippen molar-refractivity contribution in [3.8, 4) is 0 Å². The fraction of sp³-hybridized carbons (Fsp3) is 0.500. The van der Waals surface area contributed by atoms with Gasteiger partial charge < -0.3 is 0 Å². The first-order chi connectivity index (χ1) is 8.06. The smallest absolute Gasteiger partial charge is 0.242 e. The number of alkyl halides is 1. The molecule has 7 heteroatoms. The third kappa shape index (κ3) is 5.33. The number of unbranched alkanes of at least 4 members (excludes halogenated alkanes) is 2. The highest BCUT2D eigenvalue weighted by Crippen LogP contribution is 2.13. The number of rotatable bonds is 7. The van der Waals surface area contributed by atoms with E-state index in [9.17, 15) is 8.42 Å². The predicted molar refractivity (Wildman–Crippen MR) is 71.7 cm³/mol. The molecule has 0 saturated carbocycles. The van der Waals surface area contributed by atoms with Crippen molar-refractivity contribution in [2.45, 2.75) is 24.2 Å². The van der Waals surface area contributed by atoms with Crippen LogP contribution in [0.2, 0.25) is 0 Å². The van der Waals surface area contributed by atoms with Gasteiger partial charge in [0.1, 0.15) is 4.90 Å². The van der Waals surface area contributed by atoms with E-state index in [2.05, 4.69) is 25.6 Å². The lowest BCUT2D eigenvalue weighted by Gasteiger charge is -2.06. The second kappa shape index (κ2) is 7.31. The average Bonchev–Trinajstić information content (AvgIpc) is 2.29. The average molecular weight is 342 g/mol. The van der Waals surface area contributed by atoms with E-state index in [4.69, 9.17) is 11.6 Å². The van der Waals surface area contributed by atoms with Crippen LogP contribution in [0.4, 0.5) is 0 Å². The van der Waals surface area contributed by atoms with Crippen LogP contribution in [0.1, 0.15) is 19.3 Å². The highest BCUT2D eigenvalue weighted by atomic mass is 79.9. The molecule has 0 radical (unpaired) electrons. The van der Waals surface area contributed by atoms with E-state index in [1.54, 1.807) is 6.20 Å². The van der Waals surface area contributed by atoms with Gasteiger partial charge in [0.05, 0.1) is 0 Å². The van der Waals surface area contributed by atoms with Crippen molar-refractivity contribution < 1.29 is 8.42 Å². The monoisotopic (exact) mass is 340 g/mol. The van der Waals surface area contributed by atoms with Crippen molar-refractivity contribution >= 4 is 37.6 Å². The van der Waals surface area contributed by atoms with Gasteiger partial charge in [0, 0.05) is 29.3 Å². The first-order valence-corrected chi connectivity index (χ1v) is 8.03. The van der Waals surface area contributed by atoms with E-state index in [0.717, 1.165) is 19.3 Å². The first-order valence-electron chi connectivity index (χ1n) is 5.22. The lowest BCUT2D eigenvalue weighted by atomic mass is 10.2. The summed E-state index contributed by atoms with van der Waals surface area (Å²) in [7, 11) is -3.45. The highest BCUT2D eigenvalue weighted by molar-refractivity contribution is 9.10. The molecule has 1 rings (SSSR count). The first kappa shape index (κ1) is 14.9. The minimum Gasteiger partial charge on any atom is -0.262 e. The lowest BCUT2D eigenvalue weighted by molar-refractivity contribution is 0.575. The van der Waals surface area contributed by atoms with Gasteiger partial charge >= 0.3 is 0 Å². The van der Waals surface area contributed by atoms with Crippen LogP contribution in [0.25, 0.3) is 0 Å². The lowest BCUT2D eigenvalue weighted by Crippen LogP contribution is -2.24. The topological polar surface area (TPSA) is 59.1 Å². The number of hydrogen-bond donors (Lipinski definition) is 1. The number of nitrogens with one attached hydrogen (secondary N) is 1. The van der Waals surface area contributed by atoms with E-state index in [-0.39, 0.29) is 4.90 Å². The summed E-state index contributed by atoms with van der Waals surface area (Å²) < 4.78 is 26.8. The van der Waals surface area contributed by atoms with E-state index in [1.165, 1.54) is 12.3 Å². The van der Waals surface area contributed by atoms with Crippen molar-refractivity contribution in [1.29, 1.82) is 0 Å². The molecule has 1 aromatic rings. The van der Waals surface area contributed by atoms with Crippen molar-refractivity contribution in [1.82, 2.24) is 9.71 Å². The van der Waals surface area contributed by atoms with Crippen LogP contribution < -0.4 is 4.72 Å². The summed E-state index contributed by atoms with van der Waals surface area (Å²) in [6.45, 7) is 0.422. The minimum absolute atomic E-state index is 0.171. The van der Waals surface area contributed by atoms with E-state index in [1.807, 2.05) is 0 Å². The van der Waals surface area contributed by atoms with Gasteiger partial charge in [0.15, 0.2) is 0 Å². The Balaban J connectivity index is 2.51. The molecule has 1 N–H and O–H groups in total. The molecule has 0 unspecified atom stereocenters. The Labute approximate surface area is 115 Å². The van der Waals surface area contributed by atoms with Crippen molar-refractivity contribution in [2.75, 3.05) is 12.4 Å². The number of nitrogens with zero attached hydrogens (tertiary/aromatic N) is 1. The van der Waals surface area contributed by atoms with Crippen molar-refractivity contribution in [2.24, 2.45) is 0 Å². The Morgan fingerprint density at radius 2 is 2.06 bits per heavy atom. The molecule has 1 aromatic heterocycles. The van der Waals surface area contributed by atoms with Crippen LogP contribution in [-0.2, 0) is 10.0 Å². The standard InChI is InChI=1S/C10H14BrClN2O2S/c11-9-6-10(8-13-7-9)17(15,16)14-5-3-1-2-4-12/h6-8,14H,1-5H2. The molecule has 0 atom stereocenters. The second-order valence-corrected chi connectivity index (χ2v) is 6.55. The summed E-state index contributed by atoms with van der Waals surface area (Å²) in [5.41, 5.74) is 0. The summed E-state index contributed by atoms with van der Waals surface area (Å²) in [6, 6.07) is 1.52. The number of hydrogen-bond acceptors (Lipinski definition) is 3. The molecule has 96 valence electrons. The quantitative estimate of drug-likeness (QED) is 0.612. The molecule has 1 heterocycles. The zero-order chi connectivity index (χ0) is 12.7. The minimum atomic E-state index is -3.45. The number of sulfonamides is 1. The fourth-order valence-corrected chi connectivity index (χ4v) is 2.99. The number of halogens is 2. The molecule has 0 aliphatic rings. The van der Waals surface area contributed by atoms with E-state index < -0.39 is 10.0 Å². The molecule has 17 heavy (non-hydrogen) atoms. The number of aromatic nitrogens is 1. The Bertz CT molecular complexity index is 453. The zero-order valence-electron chi connectivity index (χ0n) is 9.20. The van der Waals surface area contributed by atoms with Gasteiger partial charge in [0.25, 0.3) is 0 Å². The third-order valence-electron chi connectivity index (χ3n) is 2.09. The zero-order valence-corrected chi connectivity index (χ0v) is 12.4. The van der Waals surface area contributed by atoms with Gasteiger partial charge in [-0.25, -0.2) is 13.1 Å². The maximum atomic E-state index is 11.8. The molecule has 0 amide bonds. The van der Waals surface area contributed by atoms with Gasteiger partial charge in [-0.1, -0.05) is 6.42 Å². The summed E-state index contributed by atoms with van der Waals surface area (Å²) in [6.07, 6.45) is 5.48. The maximum Gasteiger partial charge on any atom is 0.242 e. The van der Waals surface area contributed by atoms with E-state index >= 15 is 0 Å². The van der Waals surface area contributed by atoms with Crippen LogP contribution in [0.5, 0.6) is 0 Å². The Kier molecular flexibility index (Phi) is 6.40. The molecular formula is C10H14BrClN2O2S. The summed E-state index contributed by atoms with van der Waals surface area (Å²) in [5.74, 6) is 0.613. The third-order valence-corrected chi connectivity index (χ3v) is 4.22. The fourth-order valence-electron chi connectivity index (χ4n) is 1.23. The van der Waals surface area contributed by atoms with Crippen molar-refractivity contribution in [3.05, 3.63) is 22.9 Å². The predicted octanol–water partition coefficient (Wildman–Crippen LogP) is 2.53. The number of pyridine rings is 1. The summed E-state index contributed by atoms with van der Waals surface area (Å²) in [4.78, 5) is 4.00. The molecule has 0 bridgehead atoms. The van der Waals surface area contributed by atoms with Crippen LogP contribution >= 0.6 is 27.5 Å². The van der Waals surface area contributed by atoms with Crippen LogP contribution in [-0.4, -0.2) is 25.8 Å². The molecule has 0 aliphatic carbocycles. The summed E-state index contributed by atoms with van der Waals surface area (Å²) in [5, 5.41) is 0. The van der Waals surface area contributed by atoms with E-state index in [0.29, 0.717) is 16.9 Å². The Morgan fingerprint density at radius 3 is 2.71 bits per heavy atom. The van der Waals surface area contributed by atoms with Crippen LogP contribution in [0.3, 0.4) is 0 Å². The largest absolute Gasteiger partial charge is 0.262 e. The van der Waals surface area contributed by atoms with Gasteiger partial charge in [0.2, 0.25) is 10.0 Å². The Hall–Kier alpha value is -0.170. The molecule has 0 saturated heterocycles. The van der Waals surface area contributed by atoms with Gasteiger partial charge in [-0.3, -0.25) is 4.98 Å². The van der Waals surface area contributed by atoms with Gasteiger partial charge in [-0.15, -0.1) is 11.6 Å². The SMILES string of the molecule is O=S(=O)(NCCCCCCl)c1cncc(Br)c1. The molecule has 0 spiro atoms. The summed E-state index contributed by atoms with van der Waals surface area (Å²) >= 11 is 8.72. The molecule has 0 fully saturated rings. The highest BCUT2D eigenvalue weighted by Gasteiger charge is 2.13. The molecular weight excluding hydrogens is 328 g/mol. The van der Waals surface area contributed by atoms with Gasteiger partial charge in [-0.2, -0.15) is 0 Å². The van der Waals surface area contributed by atoms with Crippen LogP contribution in [0, 0.1) is 0 Å². The van der Waals surface area contributed by atoms with Crippen molar-refractivity contribution in [3.63, 3.8) is 0 Å². The van der Waals surface area contributed by atoms with Crippen LogP contribution in [0.15, 0.2) is 27.8 Å². The Morgan fingerprint density at radius 1 is 1.29 bits per heavy atom. The second-order valence-electron chi connectivity index (χ2n) is 3.49.